The minimum atomic E-state index is 0.375. The van der Waals surface area contributed by atoms with E-state index in [1.54, 1.807) is 0 Å². The molecule has 1 fully saturated rings. The standard InChI is InChI=1S/C5H11N3O/c1-9-8-5(6)7-4-2-3-4/h4H,2-3H2,1H3,(H3,6,7,8). The molecule has 0 heterocycles. The number of hydroxylamine groups is 1. The van der Waals surface area contributed by atoms with E-state index in [1.807, 2.05) is 0 Å². The average Bonchev–Trinajstić information content (AvgIpc) is 2.50. The van der Waals surface area contributed by atoms with Crippen LogP contribution in [0.3, 0.4) is 0 Å². The minimum Gasteiger partial charge on any atom is -0.368 e. The number of hydrogen-bond acceptors (Lipinski definition) is 2. The Hall–Kier alpha value is -0.770. The molecule has 52 valence electrons. The van der Waals surface area contributed by atoms with Crippen molar-refractivity contribution in [2.24, 2.45) is 10.7 Å². The second-order valence-corrected chi connectivity index (χ2v) is 2.05. The first kappa shape index (κ1) is 6.35. The van der Waals surface area contributed by atoms with Gasteiger partial charge in [-0.25, -0.2) is 10.5 Å². The van der Waals surface area contributed by atoms with Crippen molar-refractivity contribution in [1.82, 2.24) is 5.48 Å². The van der Waals surface area contributed by atoms with Crippen LogP contribution in [0.2, 0.25) is 0 Å². The molecule has 0 saturated heterocycles. The molecule has 0 bridgehead atoms. The molecule has 0 aromatic heterocycles. The predicted octanol–water partition coefficient (Wildman–Crippen LogP) is -0.385. The molecular weight excluding hydrogens is 118 g/mol. The fraction of sp³-hybridized carbons (Fsp3) is 0.800. The molecule has 0 amide bonds. The van der Waals surface area contributed by atoms with Gasteiger partial charge in [0.2, 0.25) is 5.96 Å². The van der Waals surface area contributed by atoms with Crippen LogP contribution in [0.4, 0.5) is 0 Å². The molecule has 0 aliphatic heterocycles. The summed E-state index contributed by atoms with van der Waals surface area (Å²) >= 11 is 0. The number of guanidine groups is 1. The summed E-state index contributed by atoms with van der Waals surface area (Å²) in [6.45, 7) is 0. The first-order valence-electron chi connectivity index (χ1n) is 2.95. The fourth-order valence-corrected chi connectivity index (χ4v) is 0.531. The lowest BCUT2D eigenvalue weighted by Crippen LogP contribution is -2.30. The Balaban J connectivity index is 2.20. The van der Waals surface area contributed by atoms with E-state index in [0.29, 0.717) is 12.0 Å². The SMILES string of the molecule is CONC(N)=NC1CC1. The van der Waals surface area contributed by atoms with Gasteiger partial charge in [0.05, 0.1) is 13.2 Å². The van der Waals surface area contributed by atoms with Gasteiger partial charge in [-0.05, 0) is 12.8 Å². The Bertz CT molecular complexity index is 119. The average molecular weight is 129 g/mol. The lowest BCUT2D eigenvalue weighted by Gasteiger charge is -1.98. The maximum Gasteiger partial charge on any atom is 0.213 e. The van der Waals surface area contributed by atoms with E-state index in [2.05, 4.69) is 15.3 Å². The van der Waals surface area contributed by atoms with Crippen molar-refractivity contribution in [3.8, 4) is 0 Å². The van der Waals surface area contributed by atoms with Gasteiger partial charge in [0.15, 0.2) is 0 Å². The van der Waals surface area contributed by atoms with Crippen LogP contribution in [0.15, 0.2) is 4.99 Å². The summed E-state index contributed by atoms with van der Waals surface area (Å²) in [6, 6.07) is 0.452. The molecule has 9 heavy (non-hydrogen) atoms. The Kier molecular flexibility index (Phi) is 1.89. The molecule has 0 radical (unpaired) electrons. The summed E-state index contributed by atoms with van der Waals surface area (Å²) in [4.78, 5) is 8.56. The van der Waals surface area contributed by atoms with Gasteiger partial charge in [-0.1, -0.05) is 0 Å². The first-order valence-corrected chi connectivity index (χ1v) is 2.95. The molecule has 0 spiro atoms. The molecule has 1 rings (SSSR count). The summed E-state index contributed by atoms with van der Waals surface area (Å²) < 4.78 is 0. The number of aliphatic imine (C=N–C) groups is 1. The maximum atomic E-state index is 5.34. The largest absolute Gasteiger partial charge is 0.368 e. The zero-order valence-corrected chi connectivity index (χ0v) is 5.42. The molecule has 3 N–H and O–H groups in total. The van der Waals surface area contributed by atoms with Gasteiger partial charge < -0.3 is 5.73 Å². The summed E-state index contributed by atoms with van der Waals surface area (Å²) in [6.07, 6.45) is 2.32. The second kappa shape index (κ2) is 2.68. The van der Waals surface area contributed by atoms with Crippen molar-refractivity contribution in [1.29, 1.82) is 0 Å². The molecule has 4 heteroatoms. The molecule has 1 saturated carbocycles. The summed E-state index contributed by atoms with van der Waals surface area (Å²) in [5, 5.41) is 0. The normalized spacial score (nSPS) is 19.9. The van der Waals surface area contributed by atoms with E-state index in [0.717, 1.165) is 12.8 Å². The van der Waals surface area contributed by atoms with E-state index in [-0.39, 0.29) is 0 Å². The molecule has 0 atom stereocenters. The van der Waals surface area contributed by atoms with Crippen molar-refractivity contribution in [2.75, 3.05) is 7.11 Å². The van der Waals surface area contributed by atoms with Crippen LogP contribution >= 0.6 is 0 Å². The van der Waals surface area contributed by atoms with Gasteiger partial charge in [0.1, 0.15) is 0 Å². The molecule has 4 nitrogen and oxygen atoms in total. The van der Waals surface area contributed by atoms with Gasteiger partial charge in [-0.3, -0.25) is 4.84 Å². The van der Waals surface area contributed by atoms with Gasteiger partial charge in [0.25, 0.3) is 0 Å². The van der Waals surface area contributed by atoms with Crippen molar-refractivity contribution in [3.05, 3.63) is 0 Å². The third kappa shape index (κ3) is 2.32. The van der Waals surface area contributed by atoms with E-state index >= 15 is 0 Å². The number of nitrogens with one attached hydrogen (secondary N) is 1. The number of nitrogens with zero attached hydrogens (tertiary/aromatic N) is 1. The van der Waals surface area contributed by atoms with Crippen molar-refractivity contribution < 1.29 is 4.84 Å². The fourth-order valence-electron chi connectivity index (χ4n) is 0.531. The number of rotatable bonds is 2. The monoisotopic (exact) mass is 129 g/mol. The lowest BCUT2D eigenvalue weighted by molar-refractivity contribution is 0.143. The highest BCUT2D eigenvalue weighted by Gasteiger charge is 2.20. The Morgan fingerprint density at radius 1 is 1.78 bits per heavy atom. The van der Waals surface area contributed by atoms with Crippen LogP contribution in [0.1, 0.15) is 12.8 Å². The van der Waals surface area contributed by atoms with Gasteiger partial charge >= 0.3 is 0 Å². The molecular formula is C5H11N3O. The number of hydrogen-bond donors (Lipinski definition) is 2. The highest BCUT2D eigenvalue weighted by atomic mass is 16.6. The van der Waals surface area contributed by atoms with Crippen LogP contribution < -0.4 is 11.2 Å². The second-order valence-electron chi connectivity index (χ2n) is 2.05. The Morgan fingerprint density at radius 2 is 2.44 bits per heavy atom. The smallest absolute Gasteiger partial charge is 0.213 e. The maximum absolute atomic E-state index is 5.34. The van der Waals surface area contributed by atoms with Crippen LogP contribution in [-0.2, 0) is 4.84 Å². The third-order valence-electron chi connectivity index (χ3n) is 1.08. The highest BCUT2D eigenvalue weighted by molar-refractivity contribution is 5.77. The molecule has 1 aliphatic rings. The summed E-state index contributed by atoms with van der Waals surface area (Å²) in [5.41, 5.74) is 7.78. The van der Waals surface area contributed by atoms with Gasteiger partial charge in [-0.2, -0.15) is 0 Å². The quantitative estimate of drug-likeness (QED) is 0.303. The van der Waals surface area contributed by atoms with E-state index in [1.165, 1.54) is 7.11 Å². The topological polar surface area (TPSA) is 59.6 Å². The van der Waals surface area contributed by atoms with Crippen LogP contribution in [0, 0.1) is 0 Å². The van der Waals surface area contributed by atoms with Crippen LogP contribution in [0.5, 0.6) is 0 Å². The first-order chi connectivity index (χ1) is 4.33. The van der Waals surface area contributed by atoms with Gasteiger partial charge in [-0.15, -0.1) is 0 Å². The lowest BCUT2D eigenvalue weighted by atomic mass is 10.7. The van der Waals surface area contributed by atoms with Crippen molar-refractivity contribution >= 4 is 5.96 Å². The molecule has 0 aromatic rings. The highest BCUT2D eigenvalue weighted by Crippen LogP contribution is 2.22. The van der Waals surface area contributed by atoms with E-state index in [4.69, 9.17) is 5.73 Å². The summed E-state index contributed by atoms with van der Waals surface area (Å²) in [5.74, 6) is 0.375. The van der Waals surface area contributed by atoms with E-state index < -0.39 is 0 Å². The van der Waals surface area contributed by atoms with Crippen LogP contribution in [-0.4, -0.2) is 19.1 Å². The molecule has 1 aliphatic carbocycles. The van der Waals surface area contributed by atoms with Crippen molar-refractivity contribution in [3.63, 3.8) is 0 Å². The predicted molar refractivity (Wildman–Crippen MR) is 34.8 cm³/mol. The Labute approximate surface area is 54.0 Å². The zero-order valence-electron chi connectivity index (χ0n) is 5.42. The number of nitrogens with two attached hydrogens (primary N) is 1. The molecule has 0 aromatic carbocycles. The van der Waals surface area contributed by atoms with E-state index in [9.17, 15) is 0 Å². The zero-order chi connectivity index (χ0) is 6.69. The summed E-state index contributed by atoms with van der Waals surface area (Å²) in [7, 11) is 1.51. The van der Waals surface area contributed by atoms with Gasteiger partial charge in [0, 0.05) is 0 Å². The minimum absolute atomic E-state index is 0.375. The van der Waals surface area contributed by atoms with Crippen LogP contribution in [0.25, 0.3) is 0 Å². The third-order valence-corrected chi connectivity index (χ3v) is 1.08. The Morgan fingerprint density at radius 3 is 2.89 bits per heavy atom. The van der Waals surface area contributed by atoms with Crippen molar-refractivity contribution in [2.45, 2.75) is 18.9 Å². The molecule has 0 unspecified atom stereocenters.